The van der Waals surface area contributed by atoms with Crippen molar-refractivity contribution in [1.29, 1.82) is 0 Å². The zero-order valence-electron chi connectivity index (χ0n) is 9.45. The fourth-order valence-electron chi connectivity index (χ4n) is 1.87. The van der Waals surface area contributed by atoms with Crippen molar-refractivity contribution >= 4 is 6.09 Å². The molecule has 1 heterocycles. The van der Waals surface area contributed by atoms with Crippen molar-refractivity contribution in [1.82, 2.24) is 4.90 Å². The number of aliphatic hydroxyl groups excluding tert-OH is 1. The van der Waals surface area contributed by atoms with Gasteiger partial charge in [0, 0.05) is 6.54 Å². The highest BCUT2D eigenvalue weighted by molar-refractivity contribution is 5.70. The number of cyclic esters (lactones) is 1. The SMILES string of the molecule is C=C[C@@H](O)[C@@H]1COC(=O)N1Cc1ccccc1. The smallest absolute Gasteiger partial charge is 0.410 e. The van der Waals surface area contributed by atoms with E-state index in [0.717, 1.165) is 5.56 Å². The summed E-state index contributed by atoms with van der Waals surface area (Å²) in [5, 5.41) is 9.73. The molecule has 0 aromatic heterocycles. The van der Waals surface area contributed by atoms with Gasteiger partial charge in [-0.3, -0.25) is 4.90 Å². The molecule has 1 saturated heterocycles. The van der Waals surface area contributed by atoms with Crippen LogP contribution in [0.25, 0.3) is 0 Å². The molecule has 0 radical (unpaired) electrons. The van der Waals surface area contributed by atoms with E-state index in [1.54, 1.807) is 0 Å². The van der Waals surface area contributed by atoms with Gasteiger partial charge in [0.1, 0.15) is 6.61 Å². The van der Waals surface area contributed by atoms with Crippen molar-refractivity contribution in [3.05, 3.63) is 48.6 Å². The van der Waals surface area contributed by atoms with Gasteiger partial charge in [-0.05, 0) is 5.56 Å². The Morgan fingerprint density at radius 2 is 2.24 bits per heavy atom. The lowest BCUT2D eigenvalue weighted by Crippen LogP contribution is -2.40. The number of carbonyl (C=O) groups excluding carboxylic acids is 1. The lowest BCUT2D eigenvalue weighted by atomic mass is 10.1. The Kier molecular flexibility index (Phi) is 3.44. The second-order valence-corrected chi connectivity index (χ2v) is 3.98. The number of nitrogens with zero attached hydrogens (tertiary/aromatic N) is 1. The van der Waals surface area contributed by atoms with Crippen LogP contribution in [-0.4, -0.2) is 34.9 Å². The molecule has 1 aliphatic rings. The summed E-state index contributed by atoms with van der Waals surface area (Å²) in [5.74, 6) is 0. The highest BCUT2D eigenvalue weighted by Crippen LogP contribution is 2.19. The second kappa shape index (κ2) is 5.01. The lowest BCUT2D eigenvalue weighted by Gasteiger charge is -2.23. The van der Waals surface area contributed by atoms with Gasteiger partial charge in [0.15, 0.2) is 0 Å². The number of ether oxygens (including phenoxy) is 1. The standard InChI is InChI=1S/C13H15NO3/c1-2-12(15)11-9-17-13(16)14(11)8-10-6-4-3-5-7-10/h2-7,11-12,15H,1,8-9H2/t11-,12+/m0/s1. The molecular weight excluding hydrogens is 218 g/mol. The molecule has 1 aromatic rings. The van der Waals surface area contributed by atoms with Crippen LogP contribution in [0.2, 0.25) is 0 Å². The molecule has 1 aliphatic heterocycles. The van der Waals surface area contributed by atoms with E-state index >= 15 is 0 Å². The lowest BCUT2D eigenvalue weighted by molar-refractivity contribution is 0.118. The first-order valence-electron chi connectivity index (χ1n) is 5.50. The molecule has 1 N–H and O–H groups in total. The van der Waals surface area contributed by atoms with Gasteiger partial charge in [-0.2, -0.15) is 0 Å². The molecule has 0 unspecified atom stereocenters. The van der Waals surface area contributed by atoms with Gasteiger partial charge >= 0.3 is 6.09 Å². The average Bonchev–Trinajstić information content (AvgIpc) is 2.72. The number of amides is 1. The minimum atomic E-state index is -0.759. The van der Waals surface area contributed by atoms with E-state index in [0.29, 0.717) is 6.54 Å². The van der Waals surface area contributed by atoms with E-state index in [-0.39, 0.29) is 18.7 Å². The van der Waals surface area contributed by atoms with E-state index in [2.05, 4.69) is 6.58 Å². The summed E-state index contributed by atoms with van der Waals surface area (Å²) in [6, 6.07) is 9.26. The minimum Gasteiger partial charge on any atom is -0.447 e. The Labute approximate surface area is 100 Å². The van der Waals surface area contributed by atoms with Crippen LogP contribution in [0.3, 0.4) is 0 Å². The Hall–Kier alpha value is -1.81. The number of carbonyl (C=O) groups is 1. The van der Waals surface area contributed by atoms with Crippen LogP contribution >= 0.6 is 0 Å². The highest BCUT2D eigenvalue weighted by atomic mass is 16.6. The van der Waals surface area contributed by atoms with Gasteiger partial charge in [-0.25, -0.2) is 4.79 Å². The van der Waals surface area contributed by atoms with Gasteiger partial charge in [0.05, 0.1) is 12.1 Å². The third-order valence-electron chi connectivity index (χ3n) is 2.84. The molecule has 0 bridgehead atoms. The fourth-order valence-corrected chi connectivity index (χ4v) is 1.87. The van der Waals surface area contributed by atoms with E-state index in [1.807, 2.05) is 30.3 Å². The maximum atomic E-state index is 11.6. The molecule has 4 heteroatoms. The molecule has 0 spiro atoms. The normalized spacial score (nSPS) is 21.1. The van der Waals surface area contributed by atoms with E-state index in [9.17, 15) is 9.90 Å². The predicted molar refractivity (Wildman–Crippen MR) is 63.3 cm³/mol. The fraction of sp³-hybridized carbons (Fsp3) is 0.308. The van der Waals surface area contributed by atoms with Crippen molar-refractivity contribution in [3.8, 4) is 0 Å². The molecule has 90 valence electrons. The third-order valence-corrected chi connectivity index (χ3v) is 2.84. The summed E-state index contributed by atoms with van der Waals surface area (Å²) in [6.07, 6.45) is 0.273. The maximum Gasteiger partial charge on any atom is 0.410 e. The second-order valence-electron chi connectivity index (χ2n) is 3.98. The molecule has 1 fully saturated rings. The van der Waals surface area contributed by atoms with Crippen LogP contribution in [-0.2, 0) is 11.3 Å². The number of hydrogen-bond donors (Lipinski definition) is 1. The first-order valence-corrected chi connectivity index (χ1v) is 5.50. The molecule has 0 aliphatic carbocycles. The van der Waals surface area contributed by atoms with Crippen molar-refractivity contribution in [2.45, 2.75) is 18.7 Å². The van der Waals surface area contributed by atoms with Crippen LogP contribution in [0.1, 0.15) is 5.56 Å². The summed E-state index contributed by atoms with van der Waals surface area (Å²) < 4.78 is 4.95. The quantitative estimate of drug-likeness (QED) is 0.803. The summed E-state index contributed by atoms with van der Waals surface area (Å²) in [5.41, 5.74) is 1.01. The molecule has 17 heavy (non-hydrogen) atoms. The van der Waals surface area contributed by atoms with Crippen LogP contribution < -0.4 is 0 Å². The van der Waals surface area contributed by atoms with Crippen molar-refractivity contribution < 1.29 is 14.6 Å². The Morgan fingerprint density at radius 1 is 1.53 bits per heavy atom. The average molecular weight is 233 g/mol. The van der Waals surface area contributed by atoms with Gasteiger partial charge in [-0.15, -0.1) is 6.58 Å². The molecular formula is C13H15NO3. The van der Waals surface area contributed by atoms with Gasteiger partial charge in [0.25, 0.3) is 0 Å². The van der Waals surface area contributed by atoms with Crippen LogP contribution in [0, 0.1) is 0 Å². The Morgan fingerprint density at radius 3 is 2.88 bits per heavy atom. The summed E-state index contributed by atoms with van der Waals surface area (Å²) in [7, 11) is 0. The summed E-state index contributed by atoms with van der Waals surface area (Å²) in [6.45, 7) is 4.18. The predicted octanol–water partition coefficient (Wildman–Crippen LogP) is 1.55. The van der Waals surface area contributed by atoms with Gasteiger partial charge < -0.3 is 9.84 Å². The molecule has 2 rings (SSSR count). The zero-order valence-corrected chi connectivity index (χ0v) is 9.45. The third kappa shape index (κ3) is 2.47. The van der Waals surface area contributed by atoms with Crippen LogP contribution in [0.5, 0.6) is 0 Å². The highest BCUT2D eigenvalue weighted by Gasteiger charge is 2.36. The van der Waals surface area contributed by atoms with Crippen LogP contribution in [0.4, 0.5) is 4.79 Å². The van der Waals surface area contributed by atoms with Crippen molar-refractivity contribution in [2.24, 2.45) is 0 Å². The Bertz CT molecular complexity index is 404. The first-order chi connectivity index (χ1) is 8.22. The van der Waals surface area contributed by atoms with Crippen LogP contribution in [0.15, 0.2) is 43.0 Å². The molecule has 2 atom stereocenters. The molecule has 4 nitrogen and oxygen atoms in total. The maximum absolute atomic E-state index is 11.6. The summed E-state index contributed by atoms with van der Waals surface area (Å²) in [4.78, 5) is 13.1. The molecule has 1 amide bonds. The van der Waals surface area contributed by atoms with E-state index in [1.165, 1.54) is 11.0 Å². The zero-order chi connectivity index (χ0) is 12.3. The van der Waals surface area contributed by atoms with Crippen molar-refractivity contribution in [3.63, 3.8) is 0 Å². The number of aliphatic hydroxyl groups is 1. The summed E-state index contributed by atoms with van der Waals surface area (Å²) >= 11 is 0. The van der Waals surface area contributed by atoms with Gasteiger partial charge in [-0.1, -0.05) is 36.4 Å². The van der Waals surface area contributed by atoms with Crippen molar-refractivity contribution in [2.75, 3.05) is 6.61 Å². The number of benzene rings is 1. The molecule has 1 aromatic carbocycles. The Balaban J connectivity index is 2.12. The first kappa shape index (κ1) is 11.7. The largest absolute Gasteiger partial charge is 0.447 e. The minimum absolute atomic E-state index is 0.207. The van der Waals surface area contributed by atoms with E-state index < -0.39 is 6.10 Å². The number of rotatable bonds is 4. The molecule has 0 saturated carbocycles. The topological polar surface area (TPSA) is 49.8 Å². The van der Waals surface area contributed by atoms with Gasteiger partial charge in [0.2, 0.25) is 0 Å². The monoisotopic (exact) mass is 233 g/mol. The number of hydrogen-bond acceptors (Lipinski definition) is 3. The van der Waals surface area contributed by atoms with E-state index in [4.69, 9.17) is 4.74 Å².